The predicted octanol–water partition coefficient (Wildman–Crippen LogP) is 3.60. The van der Waals surface area contributed by atoms with Gasteiger partial charge in [-0.05, 0) is 35.4 Å². The Labute approximate surface area is 213 Å². The van der Waals surface area contributed by atoms with Crippen LogP contribution in [0.4, 0.5) is 0 Å². The van der Waals surface area contributed by atoms with Crippen LogP contribution in [-0.2, 0) is 13.1 Å². The first-order chi connectivity index (χ1) is 17.7. The third kappa shape index (κ3) is 5.83. The van der Waals surface area contributed by atoms with Crippen LogP contribution in [-0.4, -0.2) is 83.8 Å². The average Bonchev–Trinajstić information content (AvgIpc) is 2.95. The van der Waals surface area contributed by atoms with E-state index in [1.165, 1.54) is 11.1 Å². The minimum Gasteiger partial charge on any atom is -0.336 e. The lowest BCUT2D eigenvalue weighted by Gasteiger charge is -2.36. The lowest BCUT2D eigenvalue weighted by atomic mass is 10.1. The topological polar surface area (TPSA) is 47.1 Å². The van der Waals surface area contributed by atoms with Crippen molar-refractivity contribution in [2.45, 2.75) is 13.1 Å². The fourth-order valence-electron chi connectivity index (χ4n) is 5.09. The van der Waals surface area contributed by atoms with Crippen molar-refractivity contribution in [3.63, 3.8) is 0 Å². The Morgan fingerprint density at radius 1 is 0.472 bits per heavy atom. The first-order valence-corrected chi connectivity index (χ1v) is 12.9. The maximum atomic E-state index is 12.8. The van der Waals surface area contributed by atoms with Crippen molar-refractivity contribution < 1.29 is 9.59 Å². The zero-order chi connectivity index (χ0) is 24.7. The van der Waals surface area contributed by atoms with Gasteiger partial charge in [0.2, 0.25) is 0 Å². The van der Waals surface area contributed by atoms with Crippen molar-refractivity contribution in [3.8, 4) is 0 Å². The van der Waals surface area contributed by atoms with Gasteiger partial charge in [0.15, 0.2) is 0 Å². The third-order valence-electron chi connectivity index (χ3n) is 7.27. The molecule has 2 amide bonds. The lowest BCUT2D eigenvalue weighted by molar-refractivity contribution is 0.0613. The number of benzene rings is 3. The molecule has 186 valence electrons. The first-order valence-electron chi connectivity index (χ1n) is 12.9. The van der Waals surface area contributed by atoms with E-state index < -0.39 is 0 Å². The number of amides is 2. The first kappa shape index (κ1) is 24.2. The molecule has 0 bridgehead atoms. The lowest BCUT2D eigenvalue weighted by Crippen LogP contribution is -2.49. The van der Waals surface area contributed by atoms with Crippen molar-refractivity contribution in [1.29, 1.82) is 0 Å². The van der Waals surface area contributed by atoms with E-state index >= 15 is 0 Å². The molecule has 0 aliphatic carbocycles. The van der Waals surface area contributed by atoms with Crippen LogP contribution >= 0.6 is 0 Å². The summed E-state index contributed by atoms with van der Waals surface area (Å²) in [5.41, 5.74) is 4.23. The summed E-state index contributed by atoms with van der Waals surface area (Å²) in [4.78, 5) is 34.4. The molecule has 0 saturated carbocycles. The highest BCUT2D eigenvalue weighted by Gasteiger charge is 2.24. The van der Waals surface area contributed by atoms with Gasteiger partial charge in [-0.2, -0.15) is 0 Å². The Hall–Kier alpha value is -3.48. The molecule has 0 spiro atoms. The van der Waals surface area contributed by atoms with E-state index in [-0.39, 0.29) is 11.8 Å². The number of hydrogen-bond donors (Lipinski definition) is 0. The summed E-state index contributed by atoms with van der Waals surface area (Å²) >= 11 is 0. The quantitative estimate of drug-likeness (QED) is 0.539. The average molecular weight is 483 g/mol. The molecule has 36 heavy (non-hydrogen) atoms. The van der Waals surface area contributed by atoms with Crippen molar-refractivity contribution in [1.82, 2.24) is 19.6 Å². The van der Waals surface area contributed by atoms with E-state index in [2.05, 4.69) is 34.1 Å². The van der Waals surface area contributed by atoms with Crippen LogP contribution in [0.15, 0.2) is 84.9 Å². The van der Waals surface area contributed by atoms with Crippen LogP contribution in [0, 0.1) is 0 Å². The summed E-state index contributed by atoms with van der Waals surface area (Å²) in [5.74, 6) is 0.251. The van der Waals surface area contributed by atoms with Gasteiger partial charge in [0, 0.05) is 76.6 Å². The fourth-order valence-corrected chi connectivity index (χ4v) is 5.09. The molecule has 2 heterocycles. The van der Waals surface area contributed by atoms with E-state index in [0.717, 1.165) is 76.6 Å². The summed E-state index contributed by atoms with van der Waals surface area (Å²) < 4.78 is 0. The van der Waals surface area contributed by atoms with Gasteiger partial charge < -0.3 is 9.80 Å². The van der Waals surface area contributed by atoms with E-state index in [1.54, 1.807) is 0 Å². The smallest absolute Gasteiger partial charge is 0.253 e. The Kier molecular flexibility index (Phi) is 7.74. The molecule has 2 aliphatic rings. The standard InChI is InChI=1S/C30H34N4O2/c35-29(25-9-3-1-4-10-25)33-19-15-31(16-20-33)23-27-13-7-8-14-28(27)24-32-17-21-34(22-18-32)30(36)26-11-5-2-6-12-26/h1-14H,15-24H2. The van der Waals surface area contributed by atoms with Gasteiger partial charge >= 0.3 is 0 Å². The van der Waals surface area contributed by atoms with Crippen molar-refractivity contribution in [2.24, 2.45) is 0 Å². The van der Waals surface area contributed by atoms with Gasteiger partial charge in [0.1, 0.15) is 0 Å². The summed E-state index contributed by atoms with van der Waals surface area (Å²) in [6.45, 7) is 8.36. The van der Waals surface area contributed by atoms with Gasteiger partial charge in [-0.15, -0.1) is 0 Å². The summed E-state index contributed by atoms with van der Waals surface area (Å²) in [6.07, 6.45) is 0. The minimum absolute atomic E-state index is 0.125. The Morgan fingerprint density at radius 3 is 1.17 bits per heavy atom. The van der Waals surface area contributed by atoms with Crippen LogP contribution < -0.4 is 0 Å². The summed E-state index contributed by atoms with van der Waals surface area (Å²) in [6, 6.07) is 27.8. The Bertz CT molecular complexity index is 1060. The normalized spacial score (nSPS) is 17.2. The second-order valence-corrected chi connectivity index (χ2v) is 9.64. The maximum absolute atomic E-state index is 12.8. The van der Waals surface area contributed by atoms with Crippen LogP contribution in [0.1, 0.15) is 31.8 Å². The largest absolute Gasteiger partial charge is 0.336 e. The van der Waals surface area contributed by atoms with Gasteiger partial charge in [-0.25, -0.2) is 0 Å². The molecule has 2 saturated heterocycles. The molecule has 0 aromatic heterocycles. The molecule has 0 radical (unpaired) electrons. The maximum Gasteiger partial charge on any atom is 0.253 e. The van der Waals surface area contributed by atoms with Crippen LogP contribution in [0.5, 0.6) is 0 Å². The number of piperazine rings is 2. The molecule has 3 aromatic rings. The third-order valence-corrected chi connectivity index (χ3v) is 7.27. The molecule has 6 heteroatoms. The highest BCUT2D eigenvalue weighted by atomic mass is 16.2. The number of nitrogens with zero attached hydrogens (tertiary/aromatic N) is 4. The Balaban J connectivity index is 1.13. The van der Waals surface area contributed by atoms with E-state index in [4.69, 9.17) is 0 Å². The SMILES string of the molecule is O=C(c1ccccc1)N1CCN(Cc2ccccc2CN2CCN(C(=O)c3ccccc3)CC2)CC1. The van der Waals surface area contributed by atoms with Gasteiger partial charge in [-0.1, -0.05) is 60.7 Å². The fraction of sp³-hybridized carbons (Fsp3) is 0.333. The zero-order valence-corrected chi connectivity index (χ0v) is 20.8. The van der Waals surface area contributed by atoms with Gasteiger partial charge in [0.05, 0.1) is 0 Å². The molecule has 2 aliphatic heterocycles. The van der Waals surface area contributed by atoms with E-state index in [1.807, 2.05) is 70.5 Å². The van der Waals surface area contributed by atoms with Gasteiger partial charge in [-0.3, -0.25) is 19.4 Å². The van der Waals surface area contributed by atoms with E-state index in [9.17, 15) is 9.59 Å². The molecule has 0 atom stereocenters. The molecule has 2 fully saturated rings. The zero-order valence-electron chi connectivity index (χ0n) is 20.8. The molecule has 0 unspecified atom stereocenters. The molecular weight excluding hydrogens is 448 g/mol. The van der Waals surface area contributed by atoms with Crippen molar-refractivity contribution in [2.75, 3.05) is 52.4 Å². The van der Waals surface area contributed by atoms with Crippen molar-refractivity contribution in [3.05, 3.63) is 107 Å². The van der Waals surface area contributed by atoms with Crippen LogP contribution in [0.25, 0.3) is 0 Å². The Morgan fingerprint density at radius 2 is 0.806 bits per heavy atom. The molecular formula is C30H34N4O2. The number of carbonyl (C=O) groups excluding carboxylic acids is 2. The second-order valence-electron chi connectivity index (χ2n) is 9.64. The highest BCUT2D eigenvalue weighted by Crippen LogP contribution is 2.18. The monoisotopic (exact) mass is 482 g/mol. The predicted molar refractivity (Wildman–Crippen MR) is 142 cm³/mol. The molecule has 3 aromatic carbocycles. The van der Waals surface area contributed by atoms with Crippen molar-refractivity contribution >= 4 is 11.8 Å². The molecule has 0 N–H and O–H groups in total. The van der Waals surface area contributed by atoms with Crippen LogP contribution in [0.2, 0.25) is 0 Å². The summed E-state index contributed by atoms with van der Waals surface area (Å²) in [7, 11) is 0. The molecule has 6 nitrogen and oxygen atoms in total. The second kappa shape index (κ2) is 11.5. The number of rotatable bonds is 6. The highest BCUT2D eigenvalue weighted by molar-refractivity contribution is 5.94. The van der Waals surface area contributed by atoms with Gasteiger partial charge in [0.25, 0.3) is 11.8 Å². The number of hydrogen-bond acceptors (Lipinski definition) is 4. The summed E-state index contributed by atoms with van der Waals surface area (Å²) in [5, 5.41) is 0. The van der Waals surface area contributed by atoms with Crippen LogP contribution in [0.3, 0.4) is 0 Å². The van der Waals surface area contributed by atoms with E-state index in [0.29, 0.717) is 0 Å². The molecule has 5 rings (SSSR count). The number of carbonyl (C=O) groups is 2. The minimum atomic E-state index is 0.125.